The van der Waals surface area contributed by atoms with Gasteiger partial charge in [-0.05, 0) is 87.1 Å². The first-order valence-electron chi connectivity index (χ1n) is 31.8. The predicted molar refractivity (Wildman–Crippen MR) is 323 cm³/mol. The maximum absolute atomic E-state index is 14.4. The van der Waals surface area contributed by atoms with Crippen LogP contribution in [0.15, 0.2) is 48.5 Å². The molecular weight excluding hydrogens is 971 g/mol. The first-order valence-corrected chi connectivity index (χ1v) is 31.8. The molecule has 0 heterocycles. The van der Waals surface area contributed by atoms with Gasteiger partial charge in [0.25, 0.3) is 11.8 Å². The molecule has 12 heteroatoms. The zero-order valence-corrected chi connectivity index (χ0v) is 49.9. The molecule has 0 radical (unpaired) electrons. The van der Waals surface area contributed by atoms with E-state index in [1.807, 2.05) is 12.1 Å². The summed E-state index contributed by atoms with van der Waals surface area (Å²) in [6.07, 6.45) is 37.9. The van der Waals surface area contributed by atoms with E-state index in [0.717, 1.165) is 44.1 Å². The molecule has 0 aliphatic heterocycles. The number of unbranched alkanes of at least 4 members (excludes halogenated alkanes) is 27. The van der Waals surface area contributed by atoms with E-state index in [4.69, 9.17) is 0 Å². The Labute approximate surface area is 475 Å². The third kappa shape index (κ3) is 35.0. The Morgan fingerprint density at radius 2 is 0.692 bits per heavy atom. The van der Waals surface area contributed by atoms with E-state index in [1.165, 1.54) is 154 Å². The van der Waals surface area contributed by atoms with Gasteiger partial charge in [0.2, 0.25) is 17.7 Å². The highest BCUT2D eigenvalue weighted by atomic mass is 16.2. The maximum Gasteiger partial charge on any atom is 0.254 e. The third-order valence-corrected chi connectivity index (χ3v) is 15.2. The lowest BCUT2D eigenvalue weighted by Gasteiger charge is -2.35. The van der Waals surface area contributed by atoms with Gasteiger partial charge >= 0.3 is 0 Å². The average molecular weight is 1080 g/mol. The number of hydrogen-bond acceptors (Lipinski definition) is 5. The van der Waals surface area contributed by atoms with Gasteiger partial charge in [-0.25, -0.2) is 0 Å². The molecule has 78 heavy (non-hydrogen) atoms. The van der Waals surface area contributed by atoms with Crippen molar-refractivity contribution in [1.82, 2.24) is 26.2 Å². The highest BCUT2D eigenvalue weighted by Crippen LogP contribution is 2.27. The first-order chi connectivity index (χ1) is 38.1. The molecule has 440 valence electrons. The van der Waals surface area contributed by atoms with Gasteiger partial charge in [-0.3, -0.25) is 24.0 Å². The molecule has 2 aromatic rings. The van der Waals surface area contributed by atoms with E-state index < -0.39 is 5.54 Å². The molecule has 0 aromatic heterocycles. The molecule has 2 aromatic carbocycles. The van der Waals surface area contributed by atoms with Crippen LogP contribution in [0.3, 0.4) is 0 Å². The number of quaternary nitrogens is 2. The predicted octanol–water partition coefficient (Wildman–Crippen LogP) is 11.9. The minimum absolute atomic E-state index is 0.0479. The Balaban J connectivity index is 2.21. The Hall–Kier alpha value is -4.73. The number of amides is 5. The number of carbonyl (C=O) groups excluding carboxylic acids is 5. The molecule has 0 spiro atoms. The normalized spacial score (nSPS) is 11.2. The number of hydrogen-bond donors (Lipinski definition) is 6. The van der Waals surface area contributed by atoms with E-state index >= 15 is 0 Å². The van der Waals surface area contributed by atoms with Crippen LogP contribution in [-0.4, -0.2) is 85.8 Å². The van der Waals surface area contributed by atoms with Crippen LogP contribution < -0.4 is 32.7 Å². The molecule has 0 unspecified atom stereocenters. The lowest BCUT2D eigenvalue weighted by molar-refractivity contribution is -0.376. The van der Waals surface area contributed by atoms with Crippen LogP contribution in [0.4, 0.5) is 0 Å². The second kappa shape index (κ2) is 47.1. The fraction of sp³-hybridized carbons (Fsp3) is 0.712. The fourth-order valence-electron chi connectivity index (χ4n) is 10.1. The smallest absolute Gasteiger partial charge is 0.254 e. The number of nitrogens with zero attached hydrogens (tertiary/aromatic N) is 1. The molecular formula is C66H113N7O5+2. The van der Waals surface area contributed by atoms with Crippen molar-refractivity contribution >= 4 is 29.5 Å². The second-order valence-corrected chi connectivity index (χ2v) is 22.2. The summed E-state index contributed by atoms with van der Waals surface area (Å²) in [5.74, 6) is 5.72. The van der Waals surface area contributed by atoms with Gasteiger partial charge in [-0.2, -0.15) is 0 Å². The lowest BCUT2D eigenvalue weighted by atomic mass is 9.82. The summed E-state index contributed by atoms with van der Waals surface area (Å²) in [6, 6.07) is 14.3. The van der Waals surface area contributed by atoms with Crippen molar-refractivity contribution < 1.29 is 35.4 Å². The SMILES string of the molecule is CCCCCCCCCCCCNC(=O)CCC(CCC(=O)NCCCCCCCCCCCC)(CCC(=O)NCCCCCCCCCCCC)NC(=O)c1ccc(C#Cc2ccc(C(=O)N(CC[NH3+])CC[NH3+])cc2)cc1. The molecule has 5 amide bonds. The molecule has 0 aliphatic rings. The van der Waals surface area contributed by atoms with Crippen molar-refractivity contribution in [3.8, 4) is 11.8 Å². The number of carbonyl (C=O) groups is 5. The summed E-state index contributed by atoms with van der Waals surface area (Å²) in [4.78, 5) is 69.8. The Morgan fingerprint density at radius 3 is 0.987 bits per heavy atom. The number of nitrogens with one attached hydrogen (secondary N) is 4. The van der Waals surface area contributed by atoms with Gasteiger partial charge in [0.05, 0.1) is 26.2 Å². The zero-order chi connectivity index (χ0) is 56.6. The van der Waals surface area contributed by atoms with Crippen LogP contribution in [-0.2, 0) is 14.4 Å². The summed E-state index contributed by atoms with van der Waals surface area (Å²) in [6.45, 7) is 11.0. The minimum atomic E-state index is -1.00. The van der Waals surface area contributed by atoms with Crippen molar-refractivity contribution in [1.29, 1.82) is 0 Å². The van der Waals surface area contributed by atoms with Crippen LogP contribution in [0, 0.1) is 11.8 Å². The molecule has 0 saturated carbocycles. The van der Waals surface area contributed by atoms with Crippen molar-refractivity contribution in [2.75, 3.05) is 45.8 Å². The summed E-state index contributed by atoms with van der Waals surface area (Å²) in [5, 5.41) is 12.7. The topological polar surface area (TPSA) is 192 Å². The maximum atomic E-state index is 14.4. The van der Waals surface area contributed by atoms with Crippen LogP contribution >= 0.6 is 0 Å². The van der Waals surface area contributed by atoms with E-state index in [0.29, 0.717) is 62.5 Å². The van der Waals surface area contributed by atoms with Gasteiger partial charge in [0.15, 0.2) is 0 Å². The highest BCUT2D eigenvalue weighted by Gasteiger charge is 2.34. The molecule has 0 fully saturated rings. The van der Waals surface area contributed by atoms with Crippen LogP contribution in [0.25, 0.3) is 0 Å². The Kier molecular flexibility index (Phi) is 41.9. The van der Waals surface area contributed by atoms with E-state index in [9.17, 15) is 24.0 Å². The largest absolute Gasteiger partial charge is 0.356 e. The third-order valence-electron chi connectivity index (χ3n) is 15.2. The monoisotopic (exact) mass is 1080 g/mol. The zero-order valence-electron chi connectivity index (χ0n) is 49.9. The summed E-state index contributed by atoms with van der Waals surface area (Å²) < 4.78 is 0. The van der Waals surface area contributed by atoms with Crippen molar-refractivity contribution in [3.63, 3.8) is 0 Å². The summed E-state index contributed by atoms with van der Waals surface area (Å²) >= 11 is 0. The van der Waals surface area contributed by atoms with Crippen LogP contribution in [0.1, 0.15) is 284 Å². The van der Waals surface area contributed by atoms with Gasteiger partial charge in [-0.1, -0.05) is 206 Å². The number of benzene rings is 2. The molecule has 0 bridgehead atoms. The molecule has 2 rings (SSSR count). The van der Waals surface area contributed by atoms with Crippen molar-refractivity contribution in [3.05, 3.63) is 70.8 Å². The van der Waals surface area contributed by atoms with Gasteiger partial charge in [0.1, 0.15) is 0 Å². The van der Waals surface area contributed by atoms with E-state index in [1.54, 1.807) is 41.3 Å². The quantitative estimate of drug-likeness (QED) is 0.0283. The second-order valence-electron chi connectivity index (χ2n) is 22.2. The highest BCUT2D eigenvalue weighted by molar-refractivity contribution is 5.95. The summed E-state index contributed by atoms with van der Waals surface area (Å²) in [7, 11) is 0. The fourth-order valence-corrected chi connectivity index (χ4v) is 10.1. The molecule has 10 N–H and O–H groups in total. The van der Waals surface area contributed by atoms with Crippen molar-refractivity contribution in [2.45, 2.75) is 257 Å². The molecule has 0 aliphatic carbocycles. The van der Waals surface area contributed by atoms with Gasteiger partial charge < -0.3 is 37.6 Å². The number of rotatable bonds is 49. The van der Waals surface area contributed by atoms with Crippen LogP contribution in [0.5, 0.6) is 0 Å². The first kappa shape index (κ1) is 69.4. The van der Waals surface area contributed by atoms with Crippen molar-refractivity contribution in [2.24, 2.45) is 0 Å². The summed E-state index contributed by atoms with van der Waals surface area (Å²) in [5.41, 5.74) is 9.28. The Morgan fingerprint density at radius 1 is 0.410 bits per heavy atom. The van der Waals surface area contributed by atoms with E-state index in [2.05, 4.69) is 65.3 Å². The lowest BCUT2D eigenvalue weighted by Crippen LogP contribution is -2.59. The average Bonchev–Trinajstić information content (AvgIpc) is 3.45. The van der Waals surface area contributed by atoms with Gasteiger partial charge in [0, 0.05) is 66.7 Å². The van der Waals surface area contributed by atoms with Gasteiger partial charge in [-0.15, -0.1) is 0 Å². The van der Waals surface area contributed by atoms with Crippen LogP contribution in [0.2, 0.25) is 0 Å². The minimum Gasteiger partial charge on any atom is -0.356 e. The standard InChI is InChI=1S/C66H111N7O5/c1-4-7-10-13-16-19-22-25-28-31-52-69-61(74)44-47-66(48-45-62(75)70-53-32-29-26-23-20-17-14-11-8-5-2,49-46-63(76)71-54-33-30-27-24-21-18-15-12-9-6-3)72-64(77)59-40-36-57(37-41-59)34-35-58-38-42-60(43-39-58)65(78)73(55-50-67)56-51-68/h36-43H,4-33,44-56,67-68H2,1-3H3,(H,69,74)(H,70,75)(H,71,76)(H,72,77)/p+2. The Bertz CT molecular complexity index is 1820. The molecule has 12 nitrogen and oxygen atoms in total. The van der Waals surface area contributed by atoms with E-state index in [-0.39, 0.29) is 68.1 Å². The molecule has 0 atom stereocenters. The molecule has 0 saturated heterocycles.